The van der Waals surface area contributed by atoms with Crippen LogP contribution in [-0.2, 0) is 4.74 Å². The van der Waals surface area contributed by atoms with E-state index in [2.05, 4.69) is 31.0 Å². The van der Waals surface area contributed by atoms with Crippen LogP contribution in [-0.4, -0.2) is 49.3 Å². The predicted molar refractivity (Wildman–Crippen MR) is 71.3 cm³/mol. The van der Waals surface area contributed by atoms with E-state index in [1.807, 2.05) is 0 Å². The van der Waals surface area contributed by atoms with Crippen molar-refractivity contribution in [1.29, 1.82) is 0 Å². The van der Waals surface area contributed by atoms with Gasteiger partial charge in [0.1, 0.15) is 0 Å². The van der Waals surface area contributed by atoms with Gasteiger partial charge in [-0.3, -0.25) is 4.90 Å². The molecule has 2 rings (SSSR count). The molecule has 0 aromatic heterocycles. The molecule has 1 N–H and O–H groups in total. The first kappa shape index (κ1) is 13.3. The number of hydrogen-bond donors (Lipinski definition) is 1. The minimum atomic E-state index is 0.310. The van der Waals surface area contributed by atoms with Crippen LogP contribution in [0.5, 0.6) is 0 Å². The highest BCUT2D eigenvalue weighted by atomic mass is 16.5. The second kappa shape index (κ2) is 5.68. The number of nitrogens with one attached hydrogen (secondary N) is 1. The lowest BCUT2D eigenvalue weighted by Gasteiger charge is -2.41. The van der Waals surface area contributed by atoms with E-state index >= 15 is 0 Å². The Labute approximate surface area is 106 Å². The van der Waals surface area contributed by atoms with Gasteiger partial charge in [0.25, 0.3) is 0 Å². The molecule has 2 saturated heterocycles. The maximum atomic E-state index is 5.67. The van der Waals surface area contributed by atoms with Gasteiger partial charge in [0.15, 0.2) is 0 Å². The highest BCUT2D eigenvalue weighted by Gasteiger charge is 2.38. The average Bonchev–Trinajstić information content (AvgIpc) is 2.76. The lowest BCUT2D eigenvalue weighted by Crippen LogP contribution is -2.51. The maximum Gasteiger partial charge on any atom is 0.0647 e. The summed E-state index contributed by atoms with van der Waals surface area (Å²) in [4.78, 5) is 2.67. The summed E-state index contributed by atoms with van der Waals surface area (Å²) in [5.74, 6) is 0.830. The summed E-state index contributed by atoms with van der Waals surface area (Å²) >= 11 is 0. The first-order valence-electron chi connectivity index (χ1n) is 7.16. The molecule has 2 aliphatic heterocycles. The summed E-state index contributed by atoms with van der Waals surface area (Å²) in [6, 6.07) is 0.609. The van der Waals surface area contributed by atoms with Crippen molar-refractivity contribution in [3.63, 3.8) is 0 Å². The molecule has 3 heteroatoms. The van der Waals surface area contributed by atoms with Gasteiger partial charge in [-0.05, 0) is 45.2 Å². The van der Waals surface area contributed by atoms with Crippen LogP contribution < -0.4 is 5.32 Å². The minimum absolute atomic E-state index is 0.310. The molecule has 0 radical (unpaired) electrons. The number of likely N-dealkylation sites (tertiary alicyclic amines) is 1. The molecular formula is C14H28N2O. The zero-order valence-electron chi connectivity index (χ0n) is 11.7. The molecule has 0 aromatic carbocycles. The fraction of sp³-hybridized carbons (Fsp3) is 1.00. The fourth-order valence-electron chi connectivity index (χ4n) is 3.06. The van der Waals surface area contributed by atoms with Crippen LogP contribution in [0.3, 0.4) is 0 Å². The molecule has 2 atom stereocenters. The Balaban J connectivity index is 1.80. The van der Waals surface area contributed by atoms with E-state index < -0.39 is 0 Å². The molecule has 0 amide bonds. The van der Waals surface area contributed by atoms with E-state index in [4.69, 9.17) is 4.74 Å². The van der Waals surface area contributed by atoms with Crippen molar-refractivity contribution in [1.82, 2.24) is 10.2 Å². The van der Waals surface area contributed by atoms with E-state index in [1.54, 1.807) is 0 Å². The third-order valence-corrected chi connectivity index (χ3v) is 4.28. The third kappa shape index (κ3) is 3.43. The summed E-state index contributed by atoms with van der Waals surface area (Å²) in [6.07, 6.45) is 3.87. The van der Waals surface area contributed by atoms with E-state index in [9.17, 15) is 0 Å². The Hall–Kier alpha value is -0.120. The van der Waals surface area contributed by atoms with Gasteiger partial charge in [-0.2, -0.15) is 0 Å². The van der Waals surface area contributed by atoms with Crippen LogP contribution in [0.15, 0.2) is 0 Å². The average molecular weight is 240 g/mol. The molecule has 17 heavy (non-hydrogen) atoms. The molecule has 0 saturated carbocycles. The SMILES string of the molecule is CC(C)NCC1CCN(C2(C)CCCOC2)C1. The lowest BCUT2D eigenvalue weighted by molar-refractivity contribution is -0.0314. The molecule has 2 unspecified atom stereocenters. The van der Waals surface area contributed by atoms with Crippen LogP contribution in [0.25, 0.3) is 0 Å². The zero-order valence-corrected chi connectivity index (χ0v) is 11.7. The summed E-state index contributed by atoms with van der Waals surface area (Å²) in [5, 5.41) is 3.57. The normalized spacial score (nSPS) is 35.6. The lowest BCUT2D eigenvalue weighted by atomic mass is 9.93. The summed E-state index contributed by atoms with van der Waals surface area (Å²) in [6.45, 7) is 12.4. The molecule has 3 nitrogen and oxygen atoms in total. The van der Waals surface area contributed by atoms with Gasteiger partial charge >= 0.3 is 0 Å². The molecule has 100 valence electrons. The largest absolute Gasteiger partial charge is 0.380 e. The van der Waals surface area contributed by atoms with E-state index in [0.29, 0.717) is 11.6 Å². The van der Waals surface area contributed by atoms with Gasteiger partial charge in [-0.15, -0.1) is 0 Å². The predicted octanol–water partition coefficient (Wildman–Crippen LogP) is 1.88. The molecule has 2 aliphatic rings. The highest BCUT2D eigenvalue weighted by molar-refractivity contribution is 4.93. The summed E-state index contributed by atoms with van der Waals surface area (Å²) in [7, 11) is 0. The Morgan fingerprint density at radius 3 is 2.94 bits per heavy atom. The number of nitrogens with zero attached hydrogens (tertiary/aromatic N) is 1. The second-order valence-corrected chi connectivity index (χ2v) is 6.32. The monoisotopic (exact) mass is 240 g/mol. The highest BCUT2D eigenvalue weighted by Crippen LogP contribution is 2.30. The number of rotatable bonds is 4. The van der Waals surface area contributed by atoms with Crippen molar-refractivity contribution in [3.8, 4) is 0 Å². The zero-order chi connectivity index (χ0) is 12.3. The fourth-order valence-corrected chi connectivity index (χ4v) is 3.06. The van der Waals surface area contributed by atoms with Gasteiger partial charge < -0.3 is 10.1 Å². The smallest absolute Gasteiger partial charge is 0.0647 e. The van der Waals surface area contributed by atoms with Crippen LogP contribution in [0.2, 0.25) is 0 Å². The van der Waals surface area contributed by atoms with Crippen LogP contribution >= 0.6 is 0 Å². The van der Waals surface area contributed by atoms with Crippen molar-refractivity contribution >= 4 is 0 Å². The van der Waals surface area contributed by atoms with E-state index in [-0.39, 0.29) is 0 Å². The summed E-state index contributed by atoms with van der Waals surface area (Å²) < 4.78 is 5.67. The van der Waals surface area contributed by atoms with Crippen molar-refractivity contribution in [2.75, 3.05) is 32.8 Å². The molecule has 2 heterocycles. The molecule has 0 aliphatic carbocycles. The van der Waals surface area contributed by atoms with Crippen molar-refractivity contribution in [2.45, 2.75) is 51.6 Å². The van der Waals surface area contributed by atoms with Gasteiger partial charge in [-0.25, -0.2) is 0 Å². The van der Waals surface area contributed by atoms with Gasteiger partial charge in [-0.1, -0.05) is 13.8 Å². The van der Waals surface area contributed by atoms with Crippen LogP contribution in [0.4, 0.5) is 0 Å². The first-order chi connectivity index (χ1) is 8.10. The number of hydrogen-bond acceptors (Lipinski definition) is 3. The Kier molecular flexibility index (Phi) is 4.45. The Bertz CT molecular complexity index is 236. The standard InChI is InChI=1S/C14H28N2O/c1-12(2)15-9-13-5-7-16(10-13)14(3)6-4-8-17-11-14/h12-13,15H,4-11H2,1-3H3. The quantitative estimate of drug-likeness (QED) is 0.812. The van der Waals surface area contributed by atoms with Crippen molar-refractivity contribution in [2.24, 2.45) is 5.92 Å². The first-order valence-corrected chi connectivity index (χ1v) is 7.16. The summed E-state index contributed by atoms with van der Waals surface area (Å²) in [5.41, 5.74) is 0.310. The molecule has 0 spiro atoms. The molecule has 0 bridgehead atoms. The van der Waals surface area contributed by atoms with E-state index in [0.717, 1.165) is 19.1 Å². The maximum absolute atomic E-state index is 5.67. The molecular weight excluding hydrogens is 212 g/mol. The third-order valence-electron chi connectivity index (χ3n) is 4.28. The van der Waals surface area contributed by atoms with Crippen molar-refractivity contribution in [3.05, 3.63) is 0 Å². The van der Waals surface area contributed by atoms with Gasteiger partial charge in [0.2, 0.25) is 0 Å². The second-order valence-electron chi connectivity index (χ2n) is 6.32. The van der Waals surface area contributed by atoms with Gasteiger partial charge in [0, 0.05) is 24.7 Å². The Morgan fingerprint density at radius 2 is 2.29 bits per heavy atom. The van der Waals surface area contributed by atoms with Crippen LogP contribution in [0.1, 0.15) is 40.0 Å². The topological polar surface area (TPSA) is 24.5 Å². The molecule has 0 aromatic rings. The molecule has 2 fully saturated rings. The number of ether oxygens (including phenoxy) is 1. The van der Waals surface area contributed by atoms with Gasteiger partial charge in [0.05, 0.1) is 6.61 Å². The Morgan fingerprint density at radius 1 is 1.47 bits per heavy atom. The van der Waals surface area contributed by atoms with Crippen molar-refractivity contribution < 1.29 is 4.74 Å². The van der Waals surface area contributed by atoms with E-state index in [1.165, 1.54) is 38.9 Å². The minimum Gasteiger partial charge on any atom is -0.380 e. The van der Waals surface area contributed by atoms with Crippen LogP contribution in [0, 0.1) is 5.92 Å².